The van der Waals surface area contributed by atoms with Crippen LogP contribution in [0.3, 0.4) is 0 Å². The van der Waals surface area contributed by atoms with E-state index in [0.29, 0.717) is 11.3 Å². The van der Waals surface area contributed by atoms with Crippen molar-refractivity contribution >= 4 is 23.0 Å². The first-order chi connectivity index (χ1) is 12.9. The van der Waals surface area contributed by atoms with Crippen LogP contribution in [0.1, 0.15) is 25.0 Å². The number of nitrogens with zero attached hydrogens (tertiary/aromatic N) is 2. The van der Waals surface area contributed by atoms with Gasteiger partial charge in [-0.05, 0) is 37.7 Å². The van der Waals surface area contributed by atoms with E-state index >= 15 is 0 Å². The van der Waals surface area contributed by atoms with Gasteiger partial charge in [0.05, 0.1) is 11.5 Å². The van der Waals surface area contributed by atoms with Gasteiger partial charge in [-0.2, -0.15) is 0 Å². The summed E-state index contributed by atoms with van der Waals surface area (Å²) in [5.74, 6) is -0.259. The van der Waals surface area contributed by atoms with Gasteiger partial charge in [-0.1, -0.05) is 38.1 Å². The molecule has 0 heterocycles. The number of hydrogen-bond acceptors (Lipinski definition) is 5. The Morgan fingerprint density at radius 3 is 2.52 bits per heavy atom. The second-order valence-corrected chi connectivity index (χ2v) is 6.28. The molecule has 2 aromatic rings. The summed E-state index contributed by atoms with van der Waals surface area (Å²) in [6.07, 6.45) is 0. The number of carbonyl (C=O) groups excluding carboxylic acids is 1. The Morgan fingerprint density at radius 2 is 1.85 bits per heavy atom. The molecule has 0 aliphatic carbocycles. The Balaban J connectivity index is 2.00. The highest BCUT2D eigenvalue weighted by molar-refractivity contribution is 5.94. The second-order valence-electron chi connectivity index (χ2n) is 6.28. The number of anilines is 2. The largest absolute Gasteiger partial charge is 0.376 e. The Morgan fingerprint density at radius 1 is 1.15 bits per heavy atom. The SMILES string of the molecule is CCN(CC)Cc1ccccc1NCC(=O)Nc1ccc(C)c([N+](=O)[O-])c1. The molecule has 0 saturated carbocycles. The summed E-state index contributed by atoms with van der Waals surface area (Å²) < 4.78 is 0. The molecule has 0 aromatic heterocycles. The highest BCUT2D eigenvalue weighted by Crippen LogP contribution is 2.22. The number of benzene rings is 2. The van der Waals surface area contributed by atoms with Gasteiger partial charge in [0.2, 0.25) is 5.91 Å². The van der Waals surface area contributed by atoms with Gasteiger partial charge >= 0.3 is 0 Å². The molecule has 1 amide bonds. The van der Waals surface area contributed by atoms with E-state index in [9.17, 15) is 14.9 Å². The topological polar surface area (TPSA) is 87.5 Å². The summed E-state index contributed by atoms with van der Waals surface area (Å²) in [5, 5.41) is 16.9. The lowest BCUT2D eigenvalue weighted by Crippen LogP contribution is -2.25. The van der Waals surface area contributed by atoms with E-state index < -0.39 is 4.92 Å². The molecule has 2 rings (SSSR count). The number of rotatable bonds is 9. The molecule has 0 unspecified atom stereocenters. The van der Waals surface area contributed by atoms with E-state index in [2.05, 4.69) is 29.4 Å². The van der Waals surface area contributed by atoms with Crippen LogP contribution in [-0.4, -0.2) is 35.4 Å². The van der Waals surface area contributed by atoms with Crippen LogP contribution >= 0.6 is 0 Å². The van der Waals surface area contributed by atoms with Crippen LogP contribution in [0.4, 0.5) is 17.1 Å². The summed E-state index contributed by atoms with van der Waals surface area (Å²) in [5.41, 5.74) is 3.00. The van der Waals surface area contributed by atoms with Crippen LogP contribution in [0.25, 0.3) is 0 Å². The fourth-order valence-corrected chi connectivity index (χ4v) is 2.78. The lowest BCUT2D eigenvalue weighted by Gasteiger charge is -2.20. The zero-order chi connectivity index (χ0) is 19.8. The molecule has 0 bridgehead atoms. The van der Waals surface area contributed by atoms with Crippen molar-refractivity contribution in [2.75, 3.05) is 30.3 Å². The average molecular weight is 370 g/mol. The number of amides is 1. The van der Waals surface area contributed by atoms with Crippen molar-refractivity contribution in [2.45, 2.75) is 27.3 Å². The molecule has 144 valence electrons. The third kappa shape index (κ3) is 5.79. The first-order valence-corrected chi connectivity index (χ1v) is 9.03. The Labute approximate surface area is 159 Å². The van der Waals surface area contributed by atoms with Gasteiger partial charge in [0.25, 0.3) is 5.69 Å². The van der Waals surface area contributed by atoms with Crippen LogP contribution < -0.4 is 10.6 Å². The molecule has 7 nitrogen and oxygen atoms in total. The molecule has 27 heavy (non-hydrogen) atoms. The lowest BCUT2D eigenvalue weighted by atomic mass is 10.1. The quantitative estimate of drug-likeness (QED) is 0.518. The van der Waals surface area contributed by atoms with E-state index in [1.807, 2.05) is 24.3 Å². The normalized spacial score (nSPS) is 10.7. The molecule has 2 aromatic carbocycles. The van der Waals surface area contributed by atoms with Crippen molar-refractivity contribution in [3.8, 4) is 0 Å². The van der Waals surface area contributed by atoms with E-state index in [4.69, 9.17) is 0 Å². The number of hydrogen-bond donors (Lipinski definition) is 2. The maximum absolute atomic E-state index is 12.2. The molecular weight excluding hydrogens is 344 g/mol. The van der Waals surface area contributed by atoms with E-state index in [0.717, 1.165) is 30.9 Å². The third-order valence-electron chi connectivity index (χ3n) is 4.43. The number of nitro benzene ring substituents is 1. The van der Waals surface area contributed by atoms with Crippen LogP contribution in [0.5, 0.6) is 0 Å². The second kappa shape index (κ2) is 9.68. The maximum Gasteiger partial charge on any atom is 0.274 e. The first-order valence-electron chi connectivity index (χ1n) is 9.03. The fourth-order valence-electron chi connectivity index (χ4n) is 2.78. The van der Waals surface area contributed by atoms with Crippen molar-refractivity contribution in [1.82, 2.24) is 4.90 Å². The van der Waals surface area contributed by atoms with Crippen LogP contribution in [0.2, 0.25) is 0 Å². The predicted octanol–water partition coefficient (Wildman–Crippen LogP) is 3.80. The summed E-state index contributed by atoms with van der Waals surface area (Å²) in [7, 11) is 0. The number of carbonyl (C=O) groups is 1. The van der Waals surface area contributed by atoms with Gasteiger partial charge in [-0.3, -0.25) is 19.8 Å². The molecule has 0 radical (unpaired) electrons. The summed E-state index contributed by atoms with van der Waals surface area (Å²) >= 11 is 0. The van der Waals surface area contributed by atoms with Gasteiger partial charge in [-0.25, -0.2) is 0 Å². The van der Waals surface area contributed by atoms with Crippen molar-refractivity contribution in [3.63, 3.8) is 0 Å². The molecule has 0 fully saturated rings. The lowest BCUT2D eigenvalue weighted by molar-refractivity contribution is -0.385. The molecule has 0 aliphatic rings. The van der Waals surface area contributed by atoms with E-state index in [-0.39, 0.29) is 18.1 Å². The number of nitro groups is 1. The van der Waals surface area contributed by atoms with E-state index in [1.165, 1.54) is 6.07 Å². The van der Waals surface area contributed by atoms with Crippen molar-refractivity contribution in [2.24, 2.45) is 0 Å². The Bertz CT molecular complexity index is 804. The molecule has 2 N–H and O–H groups in total. The molecule has 0 atom stereocenters. The Kier molecular flexibility index (Phi) is 7.31. The molecule has 7 heteroatoms. The molecule has 0 spiro atoms. The number of para-hydroxylation sites is 1. The van der Waals surface area contributed by atoms with Gasteiger partial charge in [0.1, 0.15) is 0 Å². The van der Waals surface area contributed by atoms with Gasteiger partial charge in [0.15, 0.2) is 0 Å². The summed E-state index contributed by atoms with van der Waals surface area (Å²) in [4.78, 5) is 25.1. The van der Waals surface area contributed by atoms with Crippen LogP contribution in [0, 0.1) is 17.0 Å². The van der Waals surface area contributed by atoms with E-state index in [1.54, 1.807) is 19.1 Å². The zero-order valence-corrected chi connectivity index (χ0v) is 16.0. The smallest absolute Gasteiger partial charge is 0.274 e. The highest BCUT2D eigenvalue weighted by atomic mass is 16.6. The van der Waals surface area contributed by atoms with Crippen LogP contribution in [0.15, 0.2) is 42.5 Å². The van der Waals surface area contributed by atoms with Gasteiger partial charge in [-0.15, -0.1) is 0 Å². The van der Waals surface area contributed by atoms with Crippen molar-refractivity contribution in [3.05, 3.63) is 63.7 Å². The molecule has 0 saturated heterocycles. The van der Waals surface area contributed by atoms with Gasteiger partial charge < -0.3 is 10.6 Å². The Hall–Kier alpha value is -2.93. The maximum atomic E-state index is 12.2. The minimum atomic E-state index is -0.452. The number of aryl methyl sites for hydroxylation is 1. The minimum absolute atomic E-state index is 0.00896. The average Bonchev–Trinajstić information content (AvgIpc) is 2.66. The predicted molar refractivity (Wildman–Crippen MR) is 108 cm³/mol. The fraction of sp³-hybridized carbons (Fsp3) is 0.350. The third-order valence-corrected chi connectivity index (χ3v) is 4.43. The summed E-state index contributed by atoms with van der Waals surface area (Å²) in [6, 6.07) is 12.6. The van der Waals surface area contributed by atoms with Crippen molar-refractivity contribution < 1.29 is 9.72 Å². The zero-order valence-electron chi connectivity index (χ0n) is 16.0. The monoisotopic (exact) mass is 370 g/mol. The highest BCUT2D eigenvalue weighted by Gasteiger charge is 2.13. The summed E-state index contributed by atoms with van der Waals surface area (Å²) in [6.45, 7) is 8.70. The standard InChI is InChI=1S/C20H26N4O3/c1-4-23(5-2)14-16-8-6-7-9-18(16)21-13-20(25)22-17-11-10-15(3)19(12-17)24(26)27/h6-12,21H,4-5,13-14H2,1-3H3,(H,22,25). The van der Waals surface area contributed by atoms with Crippen molar-refractivity contribution in [1.29, 1.82) is 0 Å². The first kappa shape index (κ1) is 20.4. The van der Waals surface area contributed by atoms with Gasteiger partial charge in [0, 0.05) is 29.5 Å². The molecule has 0 aliphatic heterocycles. The minimum Gasteiger partial charge on any atom is -0.376 e. The number of nitrogens with one attached hydrogen (secondary N) is 2. The van der Waals surface area contributed by atoms with Crippen LogP contribution in [-0.2, 0) is 11.3 Å². The molecular formula is C20H26N4O3.